The molecule has 4 nitrogen and oxygen atoms in total. The summed E-state index contributed by atoms with van der Waals surface area (Å²) in [5, 5.41) is 15.5. The molecule has 0 aliphatic rings. The minimum atomic E-state index is -0.353. The summed E-state index contributed by atoms with van der Waals surface area (Å²) in [5.41, 5.74) is 0.372. The summed E-state index contributed by atoms with van der Waals surface area (Å²) < 4.78 is 13.5. The van der Waals surface area contributed by atoms with E-state index in [4.69, 9.17) is 5.26 Å². The molecule has 0 spiro atoms. The second-order valence-corrected chi connectivity index (χ2v) is 4.64. The Morgan fingerprint density at radius 3 is 2.94 bits per heavy atom. The second kappa shape index (κ2) is 4.97. The van der Waals surface area contributed by atoms with E-state index in [1.54, 1.807) is 25.1 Å². The molecule has 0 aliphatic heterocycles. The summed E-state index contributed by atoms with van der Waals surface area (Å²) in [4.78, 5) is 4.13. The summed E-state index contributed by atoms with van der Waals surface area (Å²) in [7, 11) is 0. The molecule has 17 heavy (non-hydrogen) atoms. The highest BCUT2D eigenvalue weighted by atomic mass is 32.2. The number of hydrogen-bond acceptors (Lipinski definition) is 4. The van der Waals surface area contributed by atoms with Crippen LogP contribution in [-0.2, 0) is 0 Å². The molecule has 1 N–H and O–H groups in total. The number of nitriles is 1. The largest absolute Gasteiger partial charge is 0.258 e. The van der Waals surface area contributed by atoms with Gasteiger partial charge in [0.25, 0.3) is 0 Å². The number of hydrogen-bond donors (Lipinski definition) is 1. The van der Waals surface area contributed by atoms with Gasteiger partial charge in [0.1, 0.15) is 5.82 Å². The molecule has 0 radical (unpaired) electrons. The van der Waals surface area contributed by atoms with Crippen LogP contribution in [-0.4, -0.2) is 20.4 Å². The number of aromatic nitrogens is 3. The minimum Gasteiger partial charge on any atom is -0.258 e. The predicted octanol–water partition coefficient (Wildman–Crippen LogP) is 2.61. The van der Waals surface area contributed by atoms with Gasteiger partial charge in [-0.1, -0.05) is 23.9 Å². The van der Waals surface area contributed by atoms with Crippen molar-refractivity contribution in [2.75, 3.05) is 0 Å². The molecule has 0 fully saturated rings. The van der Waals surface area contributed by atoms with Crippen molar-refractivity contribution in [1.29, 1.82) is 5.26 Å². The Morgan fingerprint density at radius 1 is 1.47 bits per heavy atom. The molecule has 0 saturated heterocycles. The van der Waals surface area contributed by atoms with Crippen LogP contribution in [0.3, 0.4) is 0 Å². The van der Waals surface area contributed by atoms with Crippen LogP contribution in [0, 0.1) is 17.1 Å². The van der Waals surface area contributed by atoms with Crippen LogP contribution in [0.1, 0.15) is 6.92 Å². The molecule has 1 aromatic heterocycles. The first kappa shape index (κ1) is 11.6. The first-order valence-corrected chi connectivity index (χ1v) is 5.82. The summed E-state index contributed by atoms with van der Waals surface area (Å²) in [6.07, 6.45) is 0. The van der Waals surface area contributed by atoms with E-state index in [1.807, 2.05) is 0 Å². The molecule has 2 aromatic rings. The molecular weight excluding hydrogens is 239 g/mol. The van der Waals surface area contributed by atoms with Gasteiger partial charge in [-0.2, -0.15) is 5.26 Å². The van der Waals surface area contributed by atoms with Gasteiger partial charge >= 0.3 is 0 Å². The SMILES string of the molecule is CC(C#N)Sc1n[nH]c(-c2ccccc2F)n1. The summed E-state index contributed by atoms with van der Waals surface area (Å²) in [6, 6.07) is 8.40. The Labute approximate surface area is 102 Å². The maximum absolute atomic E-state index is 13.5. The fraction of sp³-hybridized carbons (Fsp3) is 0.182. The number of rotatable bonds is 3. The lowest BCUT2D eigenvalue weighted by Crippen LogP contribution is -1.90. The van der Waals surface area contributed by atoms with Crippen molar-refractivity contribution in [2.24, 2.45) is 0 Å². The fourth-order valence-corrected chi connectivity index (χ4v) is 1.87. The molecule has 1 aromatic carbocycles. The molecule has 0 bridgehead atoms. The van der Waals surface area contributed by atoms with Gasteiger partial charge in [-0.3, -0.25) is 5.10 Å². The van der Waals surface area contributed by atoms with E-state index in [0.29, 0.717) is 16.5 Å². The molecule has 2 rings (SSSR count). The topological polar surface area (TPSA) is 65.4 Å². The van der Waals surface area contributed by atoms with Gasteiger partial charge in [0.05, 0.1) is 16.9 Å². The maximum Gasteiger partial charge on any atom is 0.210 e. The molecular formula is C11H9FN4S. The molecule has 1 atom stereocenters. The van der Waals surface area contributed by atoms with E-state index in [-0.39, 0.29) is 11.1 Å². The lowest BCUT2D eigenvalue weighted by molar-refractivity contribution is 0.630. The van der Waals surface area contributed by atoms with Gasteiger partial charge in [-0.25, -0.2) is 9.37 Å². The number of nitrogens with one attached hydrogen (secondary N) is 1. The zero-order chi connectivity index (χ0) is 12.3. The van der Waals surface area contributed by atoms with Crippen LogP contribution in [0.25, 0.3) is 11.4 Å². The third kappa shape index (κ3) is 2.63. The summed E-state index contributed by atoms with van der Waals surface area (Å²) >= 11 is 1.23. The zero-order valence-electron chi connectivity index (χ0n) is 9.01. The summed E-state index contributed by atoms with van der Waals surface area (Å²) in [6.45, 7) is 1.75. The van der Waals surface area contributed by atoms with E-state index in [1.165, 1.54) is 17.8 Å². The monoisotopic (exact) mass is 248 g/mol. The minimum absolute atomic E-state index is 0.237. The zero-order valence-corrected chi connectivity index (χ0v) is 9.83. The molecule has 6 heteroatoms. The summed E-state index contributed by atoms with van der Waals surface area (Å²) in [5.74, 6) is 0.0178. The third-order valence-electron chi connectivity index (χ3n) is 2.06. The van der Waals surface area contributed by atoms with Crippen molar-refractivity contribution >= 4 is 11.8 Å². The highest BCUT2D eigenvalue weighted by molar-refractivity contribution is 8.00. The van der Waals surface area contributed by atoms with Crippen molar-refractivity contribution in [2.45, 2.75) is 17.3 Å². The van der Waals surface area contributed by atoms with Crippen molar-refractivity contribution in [1.82, 2.24) is 15.2 Å². The predicted molar refractivity (Wildman–Crippen MR) is 62.7 cm³/mol. The standard InChI is InChI=1S/C11H9FN4S/c1-7(6-13)17-11-14-10(15-16-11)8-4-2-3-5-9(8)12/h2-5,7H,1H3,(H,14,15,16). The van der Waals surface area contributed by atoms with Crippen molar-refractivity contribution in [3.8, 4) is 17.5 Å². The van der Waals surface area contributed by atoms with E-state index >= 15 is 0 Å². The lowest BCUT2D eigenvalue weighted by Gasteiger charge is -1.97. The molecule has 1 unspecified atom stereocenters. The first-order chi connectivity index (χ1) is 8.20. The fourth-order valence-electron chi connectivity index (χ4n) is 1.26. The van der Waals surface area contributed by atoms with Crippen molar-refractivity contribution < 1.29 is 4.39 Å². The van der Waals surface area contributed by atoms with E-state index in [2.05, 4.69) is 21.3 Å². The van der Waals surface area contributed by atoms with Gasteiger partial charge in [-0.15, -0.1) is 5.10 Å². The lowest BCUT2D eigenvalue weighted by atomic mass is 10.2. The third-order valence-corrected chi connectivity index (χ3v) is 2.91. The number of H-pyrrole nitrogens is 1. The molecule has 0 aliphatic carbocycles. The smallest absolute Gasteiger partial charge is 0.210 e. The second-order valence-electron chi connectivity index (χ2n) is 3.34. The average molecular weight is 248 g/mol. The Balaban J connectivity index is 2.25. The van der Waals surface area contributed by atoms with Crippen LogP contribution in [0.2, 0.25) is 0 Å². The average Bonchev–Trinajstić information content (AvgIpc) is 2.78. The highest BCUT2D eigenvalue weighted by Crippen LogP contribution is 2.23. The van der Waals surface area contributed by atoms with Gasteiger partial charge in [0.15, 0.2) is 5.82 Å². The number of aromatic amines is 1. The Kier molecular flexibility index (Phi) is 3.40. The van der Waals surface area contributed by atoms with Gasteiger partial charge in [0, 0.05) is 0 Å². The van der Waals surface area contributed by atoms with Crippen LogP contribution in [0.15, 0.2) is 29.4 Å². The van der Waals surface area contributed by atoms with Crippen molar-refractivity contribution in [3.63, 3.8) is 0 Å². The normalized spacial score (nSPS) is 12.1. The van der Waals surface area contributed by atoms with E-state index in [0.717, 1.165) is 0 Å². The van der Waals surface area contributed by atoms with Crippen LogP contribution in [0.4, 0.5) is 4.39 Å². The quantitative estimate of drug-likeness (QED) is 0.848. The van der Waals surface area contributed by atoms with E-state index < -0.39 is 0 Å². The van der Waals surface area contributed by atoms with Crippen molar-refractivity contribution in [3.05, 3.63) is 30.1 Å². The van der Waals surface area contributed by atoms with Gasteiger partial charge in [-0.05, 0) is 19.1 Å². The molecule has 0 amide bonds. The van der Waals surface area contributed by atoms with Crippen LogP contribution >= 0.6 is 11.8 Å². The highest BCUT2D eigenvalue weighted by Gasteiger charge is 2.12. The number of benzene rings is 1. The van der Waals surface area contributed by atoms with Gasteiger partial charge < -0.3 is 0 Å². The van der Waals surface area contributed by atoms with E-state index in [9.17, 15) is 4.39 Å². The maximum atomic E-state index is 13.5. The number of halogens is 1. The van der Waals surface area contributed by atoms with Crippen LogP contribution in [0.5, 0.6) is 0 Å². The molecule has 1 heterocycles. The van der Waals surface area contributed by atoms with Gasteiger partial charge in [0.2, 0.25) is 5.16 Å². The Bertz CT molecular complexity index is 561. The molecule has 86 valence electrons. The Morgan fingerprint density at radius 2 is 2.24 bits per heavy atom. The van der Waals surface area contributed by atoms with Crippen LogP contribution < -0.4 is 0 Å². The first-order valence-electron chi connectivity index (χ1n) is 4.94. The number of thioether (sulfide) groups is 1. The molecule has 0 saturated carbocycles. The number of nitrogens with zero attached hydrogens (tertiary/aromatic N) is 3. The Hall–Kier alpha value is -1.87.